The highest BCUT2D eigenvalue weighted by Gasteiger charge is 2.31. The number of benzene rings is 1. The summed E-state index contributed by atoms with van der Waals surface area (Å²) in [4.78, 5) is 17.1. The van der Waals surface area contributed by atoms with Gasteiger partial charge in [0.1, 0.15) is 15.9 Å². The minimum absolute atomic E-state index is 0.0496. The molecule has 0 radical (unpaired) electrons. The molecule has 6 nitrogen and oxygen atoms in total. The van der Waals surface area contributed by atoms with Crippen molar-refractivity contribution in [3.8, 4) is 0 Å². The van der Waals surface area contributed by atoms with Crippen molar-refractivity contribution in [1.29, 1.82) is 0 Å². The van der Waals surface area contributed by atoms with E-state index < -0.39 is 15.7 Å². The maximum atomic E-state index is 13.4. The maximum absolute atomic E-state index is 13.4. The van der Waals surface area contributed by atoms with Crippen molar-refractivity contribution >= 4 is 33.2 Å². The van der Waals surface area contributed by atoms with E-state index in [4.69, 9.17) is 11.6 Å². The molecule has 1 amide bonds. The highest BCUT2D eigenvalue weighted by atomic mass is 35.5. The van der Waals surface area contributed by atoms with Gasteiger partial charge in [0, 0.05) is 17.9 Å². The first-order chi connectivity index (χ1) is 13.7. The van der Waals surface area contributed by atoms with Crippen LogP contribution in [-0.2, 0) is 9.84 Å². The van der Waals surface area contributed by atoms with Crippen LogP contribution in [0.3, 0.4) is 0 Å². The number of sulfone groups is 1. The fourth-order valence-corrected chi connectivity index (χ4v) is 5.25. The van der Waals surface area contributed by atoms with Gasteiger partial charge in [0.25, 0.3) is 5.91 Å². The van der Waals surface area contributed by atoms with Crippen LogP contribution in [0.15, 0.2) is 58.5 Å². The van der Waals surface area contributed by atoms with Crippen molar-refractivity contribution in [2.75, 3.05) is 5.32 Å². The first-order valence-electron chi connectivity index (χ1n) is 9.09. The van der Waals surface area contributed by atoms with Crippen LogP contribution in [0.5, 0.6) is 0 Å². The molecule has 0 aliphatic rings. The Morgan fingerprint density at radius 3 is 2.34 bits per heavy atom. The molecule has 2 heterocycles. The summed E-state index contributed by atoms with van der Waals surface area (Å²) >= 11 is 6.05. The van der Waals surface area contributed by atoms with Crippen LogP contribution in [-0.4, -0.2) is 23.9 Å². The lowest BCUT2D eigenvalue weighted by Gasteiger charge is -2.17. The van der Waals surface area contributed by atoms with Gasteiger partial charge in [-0.25, -0.2) is 13.4 Å². The third-order valence-corrected chi connectivity index (χ3v) is 7.01. The van der Waals surface area contributed by atoms with Gasteiger partial charge in [-0.05, 0) is 57.5 Å². The molecule has 2 aromatic heterocycles. The monoisotopic (exact) mass is 431 g/mol. The van der Waals surface area contributed by atoms with E-state index in [9.17, 15) is 13.2 Å². The zero-order valence-electron chi connectivity index (χ0n) is 16.6. The average Bonchev–Trinajstić information content (AvgIpc) is 2.93. The Balaban J connectivity index is 2.22. The SMILES string of the molecule is Cc1c(S(=O)(=O)c2ccccc2)c(NC(=O)c2cccnc2Cl)n(C(C)C)c1C. The van der Waals surface area contributed by atoms with E-state index in [1.165, 1.54) is 6.20 Å². The highest BCUT2D eigenvalue weighted by Crippen LogP contribution is 2.37. The van der Waals surface area contributed by atoms with Gasteiger partial charge in [0.2, 0.25) is 9.84 Å². The van der Waals surface area contributed by atoms with Crippen LogP contribution in [0, 0.1) is 13.8 Å². The van der Waals surface area contributed by atoms with Crippen molar-refractivity contribution in [2.24, 2.45) is 0 Å². The molecule has 0 aliphatic heterocycles. The van der Waals surface area contributed by atoms with Crippen LogP contribution >= 0.6 is 11.6 Å². The van der Waals surface area contributed by atoms with Crippen molar-refractivity contribution < 1.29 is 13.2 Å². The molecule has 0 saturated heterocycles. The lowest BCUT2D eigenvalue weighted by molar-refractivity contribution is 0.102. The van der Waals surface area contributed by atoms with Crippen LogP contribution in [0.4, 0.5) is 5.82 Å². The molecule has 1 aromatic carbocycles. The number of aromatic nitrogens is 2. The van der Waals surface area contributed by atoms with Gasteiger partial charge < -0.3 is 9.88 Å². The summed E-state index contributed by atoms with van der Waals surface area (Å²) in [6.45, 7) is 7.44. The largest absolute Gasteiger partial charge is 0.328 e. The molecule has 0 fully saturated rings. The average molecular weight is 432 g/mol. The molecule has 0 unspecified atom stereocenters. The van der Waals surface area contributed by atoms with Gasteiger partial charge in [-0.3, -0.25) is 4.79 Å². The number of pyridine rings is 1. The fraction of sp³-hybridized carbons (Fsp3) is 0.238. The lowest BCUT2D eigenvalue weighted by Crippen LogP contribution is -2.19. The van der Waals surface area contributed by atoms with E-state index >= 15 is 0 Å². The molecule has 3 aromatic rings. The second-order valence-electron chi connectivity index (χ2n) is 6.96. The van der Waals surface area contributed by atoms with Gasteiger partial charge in [0.15, 0.2) is 0 Å². The van der Waals surface area contributed by atoms with Gasteiger partial charge in [-0.1, -0.05) is 29.8 Å². The van der Waals surface area contributed by atoms with Crippen LogP contribution in [0.25, 0.3) is 0 Å². The summed E-state index contributed by atoms with van der Waals surface area (Å²) in [5.41, 5.74) is 1.53. The number of hydrogen-bond donors (Lipinski definition) is 1. The Hall–Kier alpha value is -2.64. The second-order valence-corrected chi connectivity index (χ2v) is 9.21. The van der Waals surface area contributed by atoms with E-state index in [-0.39, 0.29) is 32.4 Å². The van der Waals surface area contributed by atoms with Gasteiger partial charge in [-0.2, -0.15) is 0 Å². The molecule has 0 bridgehead atoms. The second kappa shape index (κ2) is 8.00. The third-order valence-electron chi connectivity index (χ3n) is 4.77. The van der Waals surface area contributed by atoms with Crippen LogP contribution in [0.2, 0.25) is 5.15 Å². The summed E-state index contributed by atoms with van der Waals surface area (Å²) in [6, 6.07) is 11.2. The highest BCUT2D eigenvalue weighted by molar-refractivity contribution is 7.91. The van der Waals surface area contributed by atoms with Crippen molar-refractivity contribution in [3.63, 3.8) is 0 Å². The Morgan fingerprint density at radius 2 is 1.76 bits per heavy atom. The first-order valence-corrected chi connectivity index (χ1v) is 11.0. The minimum Gasteiger partial charge on any atom is -0.328 e. The fourth-order valence-electron chi connectivity index (χ4n) is 3.34. The molecule has 0 aliphatic carbocycles. The zero-order valence-corrected chi connectivity index (χ0v) is 18.2. The summed E-state index contributed by atoms with van der Waals surface area (Å²) in [6.07, 6.45) is 1.48. The predicted molar refractivity (Wildman–Crippen MR) is 113 cm³/mol. The third kappa shape index (κ3) is 3.80. The number of nitrogens with one attached hydrogen (secondary N) is 1. The summed E-state index contributed by atoms with van der Waals surface area (Å²) < 4.78 is 28.7. The number of carbonyl (C=O) groups excluding carboxylic acids is 1. The topological polar surface area (TPSA) is 81.1 Å². The van der Waals surface area contributed by atoms with E-state index in [1.54, 1.807) is 49.4 Å². The van der Waals surface area contributed by atoms with E-state index in [0.717, 1.165) is 5.69 Å². The van der Waals surface area contributed by atoms with Crippen molar-refractivity contribution in [3.05, 3.63) is 70.6 Å². The summed E-state index contributed by atoms with van der Waals surface area (Å²) in [5.74, 6) is -0.296. The number of anilines is 1. The summed E-state index contributed by atoms with van der Waals surface area (Å²) in [5, 5.41) is 2.83. The molecule has 0 saturated carbocycles. The number of carbonyl (C=O) groups is 1. The number of nitrogens with zero attached hydrogens (tertiary/aromatic N) is 2. The van der Waals surface area contributed by atoms with E-state index in [0.29, 0.717) is 5.56 Å². The molecular formula is C21H22ClN3O3S. The molecular weight excluding hydrogens is 410 g/mol. The molecule has 8 heteroatoms. The molecule has 29 heavy (non-hydrogen) atoms. The normalized spacial score (nSPS) is 11.7. The molecule has 1 N–H and O–H groups in total. The van der Waals surface area contributed by atoms with Gasteiger partial charge >= 0.3 is 0 Å². The van der Waals surface area contributed by atoms with Gasteiger partial charge in [-0.15, -0.1) is 0 Å². The number of halogens is 1. The lowest BCUT2D eigenvalue weighted by atomic mass is 10.2. The van der Waals surface area contributed by atoms with E-state index in [1.807, 2.05) is 25.3 Å². The Labute approximate surface area is 175 Å². The van der Waals surface area contributed by atoms with Crippen molar-refractivity contribution in [2.45, 2.75) is 43.5 Å². The molecule has 0 spiro atoms. The predicted octanol–water partition coefficient (Wildman–Crippen LogP) is 4.82. The first kappa shape index (κ1) is 21.1. The standard InChI is InChI=1S/C21H22ClN3O3S/c1-13(2)25-15(4)14(3)18(29(27,28)16-9-6-5-7-10-16)20(25)24-21(26)17-11-8-12-23-19(17)22/h5-13H,1-4H3,(H,24,26). The number of rotatable bonds is 5. The summed E-state index contributed by atoms with van der Waals surface area (Å²) in [7, 11) is -3.86. The zero-order chi connectivity index (χ0) is 21.3. The Bertz CT molecular complexity index is 1170. The van der Waals surface area contributed by atoms with Crippen LogP contribution in [0.1, 0.15) is 41.5 Å². The van der Waals surface area contributed by atoms with Crippen molar-refractivity contribution in [1.82, 2.24) is 9.55 Å². The quantitative estimate of drug-likeness (QED) is 0.587. The number of amides is 1. The molecule has 3 rings (SSSR count). The minimum atomic E-state index is -3.86. The smallest absolute Gasteiger partial charge is 0.259 e. The van der Waals surface area contributed by atoms with Gasteiger partial charge in [0.05, 0.1) is 10.5 Å². The molecule has 0 atom stereocenters. The van der Waals surface area contributed by atoms with Crippen LogP contribution < -0.4 is 5.32 Å². The van der Waals surface area contributed by atoms with E-state index in [2.05, 4.69) is 10.3 Å². The number of hydrogen-bond acceptors (Lipinski definition) is 4. The Kier molecular flexibility index (Phi) is 5.82. The Morgan fingerprint density at radius 1 is 1.10 bits per heavy atom. The maximum Gasteiger partial charge on any atom is 0.259 e. The molecule has 152 valence electrons.